The Kier molecular flexibility index (Phi) is 7.18. The van der Waals surface area contributed by atoms with Gasteiger partial charge in [-0.3, -0.25) is 9.36 Å². The lowest BCUT2D eigenvalue weighted by molar-refractivity contribution is -0.120. The number of ether oxygens (including phenoxy) is 2. The van der Waals surface area contributed by atoms with Crippen molar-refractivity contribution in [3.8, 4) is 11.8 Å². The van der Waals surface area contributed by atoms with Gasteiger partial charge >= 0.3 is 5.69 Å². The standard InChI is InChI=1S/C19H28N4O5/c1-5-15(25)21-8-6-7-12-10-23(18(26)22-17(12)20)16-9-13(24)14(28-16)11-27-19(2,3)4/h10,13-14,16,24H,5,8-9,11H2,1-4H3,(H,21,25)(H2,20,22,26)/t13?,14-,16-/m1/s1. The van der Waals surface area contributed by atoms with E-state index < -0.39 is 24.1 Å². The largest absolute Gasteiger partial charge is 0.390 e. The number of aliphatic hydroxyl groups is 1. The predicted molar refractivity (Wildman–Crippen MR) is 103 cm³/mol. The summed E-state index contributed by atoms with van der Waals surface area (Å²) < 4.78 is 12.7. The molecule has 0 aliphatic carbocycles. The number of aliphatic hydroxyl groups excluding tert-OH is 1. The van der Waals surface area contributed by atoms with Crippen LogP contribution >= 0.6 is 0 Å². The molecular formula is C19H28N4O5. The number of carbonyl (C=O) groups excluding carboxylic acids is 1. The van der Waals surface area contributed by atoms with Crippen LogP contribution < -0.4 is 16.7 Å². The minimum Gasteiger partial charge on any atom is -0.390 e. The lowest BCUT2D eigenvalue weighted by Gasteiger charge is -2.23. The van der Waals surface area contributed by atoms with Gasteiger partial charge in [-0.05, 0) is 20.8 Å². The normalized spacial score (nSPS) is 21.8. The zero-order valence-corrected chi connectivity index (χ0v) is 16.7. The topological polar surface area (TPSA) is 129 Å². The van der Waals surface area contributed by atoms with E-state index in [2.05, 4.69) is 22.1 Å². The number of carbonyl (C=O) groups is 1. The van der Waals surface area contributed by atoms with E-state index in [4.69, 9.17) is 15.2 Å². The van der Waals surface area contributed by atoms with E-state index in [1.54, 1.807) is 6.92 Å². The van der Waals surface area contributed by atoms with Gasteiger partial charge in [0.25, 0.3) is 0 Å². The molecule has 0 spiro atoms. The summed E-state index contributed by atoms with van der Waals surface area (Å²) in [5.74, 6) is 5.46. The number of nitrogens with zero attached hydrogens (tertiary/aromatic N) is 2. The fourth-order valence-corrected chi connectivity index (χ4v) is 2.56. The van der Waals surface area contributed by atoms with Crippen LogP contribution in [0.3, 0.4) is 0 Å². The van der Waals surface area contributed by atoms with Crippen molar-refractivity contribution >= 4 is 11.7 Å². The summed E-state index contributed by atoms with van der Waals surface area (Å²) in [7, 11) is 0. The molecule has 0 radical (unpaired) electrons. The molecule has 0 aromatic carbocycles. The molecular weight excluding hydrogens is 364 g/mol. The van der Waals surface area contributed by atoms with Gasteiger partial charge in [0.05, 0.1) is 30.4 Å². The Bertz CT molecular complexity index is 818. The maximum atomic E-state index is 12.2. The van der Waals surface area contributed by atoms with Crippen LogP contribution in [-0.4, -0.2) is 51.5 Å². The number of nitrogens with two attached hydrogens (primary N) is 1. The van der Waals surface area contributed by atoms with Crippen molar-refractivity contribution in [3.05, 3.63) is 22.2 Å². The van der Waals surface area contributed by atoms with Crippen molar-refractivity contribution < 1.29 is 19.4 Å². The van der Waals surface area contributed by atoms with Gasteiger partial charge in [-0.1, -0.05) is 18.8 Å². The van der Waals surface area contributed by atoms with E-state index in [1.807, 2.05) is 20.8 Å². The summed E-state index contributed by atoms with van der Waals surface area (Å²) in [6, 6.07) is 0. The highest BCUT2D eigenvalue weighted by Gasteiger charge is 2.36. The van der Waals surface area contributed by atoms with E-state index in [0.717, 1.165) is 0 Å². The van der Waals surface area contributed by atoms with E-state index in [0.29, 0.717) is 12.0 Å². The number of aromatic nitrogens is 2. The van der Waals surface area contributed by atoms with Crippen LogP contribution in [0.1, 0.15) is 52.3 Å². The predicted octanol–water partition coefficient (Wildman–Crippen LogP) is 0.167. The lowest BCUT2D eigenvalue weighted by atomic mass is 10.1. The fourth-order valence-electron chi connectivity index (χ4n) is 2.56. The highest BCUT2D eigenvalue weighted by atomic mass is 16.6. The highest BCUT2D eigenvalue weighted by molar-refractivity contribution is 5.75. The number of anilines is 1. The van der Waals surface area contributed by atoms with Crippen molar-refractivity contribution in [1.29, 1.82) is 0 Å². The number of hydrogen-bond acceptors (Lipinski definition) is 7. The van der Waals surface area contributed by atoms with Crippen LogP contribution in [0.5, 0.6) is 0 Å². The smallest absolute Gasteiger partial charge is 0.351 e. The molecule has 4 N–H and O–H groups in total. The Balaban J connectivity index is 2.12. The molecule has 1 aromatic heterocycles. The summed E-state index contributed by atoms with van der Waals surface area (Å²) in [5.41, 5.74) is 5.18. The van der Waals surface area contributed by atoms with Crippen molar-refractivity contribution in [2.45, 2.75) is 64.6 Å². The number of amides is 1. The van der Waals surface area contributed by atoms with Crippen LogP contribution in [0.25, 0.3) is 0 Å². The third-order valence-corrected chi connectivity index (χ3v) is 4.09. The third kappa shape index (κ3) is 6.05. The maximum absolute atomic E-state index is 12.2. The van der Waals surface area contributed by atoms with Crippen LogP contribution in [0.2, 0.25) is 0 Å². The van der Waals surface area contributed by atoms with Gasteiger partial charge in [0.1, 0.15) is 18.1 Å². The van der Waals surface area contributed by atoms with Gasteiger partial charge < -0.3 is 25.6 Å². The average Bonchev–Trinajstić information content (AvgIpc) is 2.98. The Labute approximate surface area is 164 Å². The van der Waals surface area contributed by atoms with Gasteiger partial charge in [-0.25, -0.2) is 4.79 Å². The molecule has 0 bridgehead atoms. The molecule has 1 saturated heterocycles. The number of nitrogens with one attached hydrogen (secondary N) is 1. The molecule has 1 aliphatic heterocycles. The van der Waals surface area contributed by atoms with Crippen molar-refractivity contribution in [2.24, 2.45) is 0 Å². The molecule has 1 unspecified atom stereocenters. The Morgan fingerprint density at radius 3 is 2.89 bits per heavy atom. The first kappa shape index (κ1) is 21.9. The Hall–Kier alpha value is -2.41. The Morgan fingerprint density at radius 2 is 2.25 bits per heavy atom. The zero-order valence-electron chi connectivity index (χ0n) is 16.7. The van der Waals surface area contributed by atoms with Gasteiger partial charge in [-0.15, -0.1) is 0 Å². The van der Waals surface area contributed by atoms with E-state index in [9.17, 15) is 14.7 Å². The second kappa shape index (κ2) is 9.19. The van der Waals surface area contributed by atoms with E-state index in [1.165, 1.54) is 10.8 Å². The maximum Gasteiger partial charge on any atom is 0.351 e. The van der Waals surface area contributed by atoms with E-state index >= 15 is 0 Å². The molecule has 28 heavy (non-hydrogen) atoms. The molecule has 1 fully saturated rings. The summed E-state index contributed by atoms with van der Waals surface area (Å²) in [5, 5.41) is 12.9. The van der Waals surface area contributed by atoms with Gasteiger partial charge in [0.2, 0.25) is 5.91 Å². The second-order valence-electron chi connectivity index (χ2n) is 7.52. The lowest BCUT2D eigenvalue weighted by Crippen LogP contribution is -2.32. The third-order valence-electron chi connectivity index (χ3n) is 4.09. The second-order valence-corrected chi connectivity index (χ2v) is 7.52. The Morgan fingerprint density at radius 1 is 1.54 bits per heavy atom. The first-order valence-electron chi connectivity index (χ1n) is 9.22. The van der Waals surface area contributed by atoms with Crippen molar-refractivity contribution in [3.63, 3.8) is 0 Å². The minimum absolute atomic E-state index is 0.00160. The summed E-state index contributed by atoms with van der Waals surface area (Å²) in [6.07, 6.45) is 0.0531. The van der Waals surface area contributed by atoms with Crippen LogP contribution in [-0.2, 0) is 14.3 Å². The van der Waals surface area contributed by atoms with Gasteiger partial charge in [0.15, 0.2) is 0 Å². The molecule has 1 amide bonds. The first-order valence-corrected chi connectivity index (χ1v) is 9.22. The summed E-state index contributed by atoms with van der Waals surface area (Å²) >= 11 is 0. The molecule has 1 aliphatic rings. The van der Waals surface area contributed by atoms with Gasteiger partial charge in [0, 0.05) is 19.0 Å². The molecule has 9 nitrogen and oxygen atoms in total. The monoisotopic (exact) mass is 392 g/mol. The van der Waals surface area contributed by atoms with Crippen LogP contribution in [0.4, 0.5) is 5.82 Å². The number of hydrogen-bond donors (Lipinski definition) is 3. The molecule has 0 saturated carbocycles. The molecule has 154 valence electrons. The van der Waals surface area contributed by atoms with Crippen molar-refractivity contribution in [2.75, 3.05) is 18.9 Å². The first-order chi connectivity index (χ1) is 13.1. The SMILES string of the molecule is CCC(=O)NCC#Cc1cn([C@H]2CC(O)[C@@H](COC(C)(C)C)O2)c(=O)nc1N. The number of rotatable bonds is 5. The molecule has 2 rings (SSSR count). The van der Waals surface area contributed by atoms with Crippen LogP contribution in [0, 0.1) is 11.8 Å². The average molecular weight is 392 g/mol. The highest BCUT2D eigenvalue weighted by Crippen LogP contribution is 2.29. The molecule has 1 aromatic rings. The summed E-state index contributed by atoms with van der Waals surface area (Å²) in [4.78, 5) is 27.3. The zero-order chi connectivity index (χ0) is 20.9. The quantitative estimate of drug-likeness (QED) is 0.609. The van der Waals surface area contributed by atoms with E-state index in [-0.39, 0.29) is 36.9 Å². The molecule has 2 heterocycles. The molecule has 9 heteroatoms. The number of nitrogen functional groups attached to an aromatic ring is 1. The van der Waals surface area contributed by atoms with Crippen LogP contribution in [0.15, 0.2) is 11.0 Å². The van der Waals surface area contributed by atoms with Gasteiger partial charge in [-0.2, -0.15) is 4.98 Å². The summed E-state index contributed by atoms with van der Waals surface area (Å²) in [6.45, 7) is 7.85. The minimum atomic E-state index is -0.768. The van der Waals surface area contributed by atoms with Crippen molar-refractivity contribution in [1.82, 2.24) is 14.9 Å². The molecule has 3 atom stereocenters. The fraction of sp³-hybridized carbons (Fsp3) is 0.632.